The molecule has 6 heteroatoms. The summed E-state index contributed by atoms with van der Waals surface area (Å²) >= 11 is 0. The van der Waals surface area contributed by atoms with Crippen LogP contribution in [0, 0.1) is 0 Å². The molecule has 0 saturated carbocycles. The summed E-state index contributed by atoms with van der Waals surface area (Å²) in [5.74, 6) is 12.8. The van der Waals surface area contributed by atoms with Crippen molar-refractivity contribution < 1.29 is 9.52 Å². The van der Waals surface area contributed by atoms with Crippen LogP contribution in [0.5, 0.6) is 5.75 Å². The molecule has 0 heterocycles. The van der Waals surface area contributed by atoms with Crippen LogP contribution in [0.4, 0.5) is 17.1 Å². The van der Waals surface area contributed by atoms with Gasteiger partial charge in [0.1, 0.15) is 12.4 Å². The maximum Gasteiger partial charge on any atom is 0.200 e. The van der Waals surface area contributed by atoms with E-state index in [-0.39, 0.29) is 0 Å². The van der Waals surface area contributed by atoms with Crippen molar-refractivity contribution in [2.45, 2.75) is 0 Å². The fraction of sp³-hybridized carbons (Fsp3) is 0. The fourth-order valence-corrected chi connectivity index (χ4v) is 1.79. The topological polar surface area (TPSA) is 114 Å². The lowest BCUT2D eigenvalue weighted by atomic mass is 10.0. The van der Waals surface area contributed by atoms with Crippen molar-refractivity contribution >= 4 is 23.8 Å². The first-order valence-corrected chi connectivity index (χ1v) is 5.51. The van der Waals surface area contributed by atoms with Crippen LogP contribution >= 0.6 is 0 Å². The third-order valence-corrected chi connectivity index (χ3v) is 2.86. The van der Waals surface area contributed by atoms with Crippen LogP contribution in [0.3, 0.4) is 0 Å². The second-order valence-corrected chi connectivity index (χ2v) is 4.03. The fourth-order valence-electron chi connectivity index (χ4n) is 1.79. The Hall–Kier alpha value is -2.73. The summed E-state index contributed by atoms with van der Waals surface area (Å²) in [5, 5.41) is 0. The Balaban J connectivity index is 2.47. The number of nitrogens with one attached hydrogen (secondary N) is 1. The van der Waals surface area contributed by atoms with Crippen molar-refractivity contribution in [2.24, 2.45) is 5.90 Å². The summed E-state index contributed by atoms with van der Waals surface area (Å²) in [4.78, 5) is 4.62. The number of hydrogen-bond donors (Lipinski definition) is 3. The van der Waals surface area contributed by atoms with Crippen LogP contribution in [-0.2, 0) is 0 Å². The minimum absolute atomic E-state index is 0.309. The lowest BCUT2D eigenvalue weighted by Crippen LogP contribution is -2.07. The molecule has 2 aromatic rings. The first kappa shape index (κ1) is 12.7. The molecule has 0 aliphatic rings. The summed E-state index contributed by atoms with van der Waals surface area (Å²) in [6.07, 6.45) is 0. The third-order valence-electron chi connectivity index (χ3n) is 2.86. The minimum Gasteiger partial charge on any atom is -0.449 e. The van der Waals surface area contributed by atoms with E-state index in [1.54, 1.807) is 24.3 Å². The van der Waals surface area contributed by atoms with Crippen LogP contribution in [0.25, 0.3) is 17.0 Å². The number of benzene rings is 2. The second-order valence-electron chi connectivity index (χ2n) is 4.03. The van der Waals surface area contributed by atoms with Gasteiger partial charge in [-0.1, -0.05) is 0 Å². The maximum atomic E-state index is 7.37. The molecule has 0 aromatic heterocycles. The summed E-state index contributed by atoms with van der Waals surface area (Å²) in [5.41, 5.74) is 14.9. The Kier molecular flexibility index (Phi) is 3.26. The highest BCUT2D eigenvalue weighted by molar-refractivity contribution is 5.87. The number of hydrogen-bond acceptors (Lipinski definition) is 4. The van der Waals surface area contributed by atoms with Crippen LogP contribution in [0.15, 0.2) is 36.4 Å². The molecular formula is C13H15N5O. The molecule has 0 radical (unpaired) electrons. The van der Waals surface area contributed by atoms with Gasteiger partial charge in [0.2, 0.25) is 0 Å². The van der Waals surface area contributed by atoms with Gasteiger partial charge in [0.15, 0.2) is 11.4 Å². The highest BCUT2D eigenvalue weighted by Gasteiger charge is 2.11. The quantitative estimate of drug-likeness (QED) is 0.338. The molecule has 19 heavy (non-hydrogen) atoms. The van der Waals surface area contributed by atoms with Crippen LogP contribution in [-0.4, -0.2) is 11.4 Å². The zero-order chi connectivity index (χ0) is 14.0. The molecule has 98 valence electrons. The van der Waals surface area contributed by atoms with Crippen molar-refractivity contribution in [2.75, 3.05) is 11.5 Å². The number of rotatable bonds is 3. The smallest absolute Gasteiger partial charge is 0.200 e. The number of nitrogens with zero attached hydrogens (tertiary/aromatic N) is 1. The van der Waals surface area contributed by atoms with E-state index in [1.807, 2.05) is 12.1 Å². The summed E-state index contributed by atoms with van der Waals surface area (Å²) < 4.78 is 1.03. The van der Waals surface area contributed by atoms with Gasteiger partial charge in [0.05, 0.1) is 5.69 Å². The van der Waals surface area contributed by atoms with Gasteiger partial charge in [0, 0.05) is 17.7 Å². The molecule has 0 unspecified atom stereocenters. The first-order valence-electron chi connectivity index (χ1n) is 5.51. The minimum atomic E-state index is 0.309. The number of nitrogens with two attached hydrogens (primary N) is 3. The SMILES string of the molecule is C=[N+]([NH-])c1ccc(-c2ccc(ON)c(N)c2N)cc1. The Morgan fingerprint density at radius 3 is 2.16 bits per heavy atom. The number of anilines is 2. The third kappa shape index (κ3) is 2.29. The molecule has 0 fully saturated rings. The van der Waals surface area contributed by atoms with E-state index >= 15 is 0 Å². The zero-order valence-corrected chi connectivity index (χ0v) is 10.3. The van der Waals surface area contributed by atoms with Gasteiger partial charge in [-0.05, 0) is 29.8 Å². The van der Waals surface area contributed by atoms with Crippen molar-refractivity contribution in [1.29, 1.82) is 0 Å². The Morgan fingerprint density at radius 2 is 1.63 bits per heavy atom. The van der Waals surface area contributed by atoms with E-state index in [1.165, 1.54) is 0 Å². The average molecular weight is 257 g/mol. The predicted octanol–water partition coefficient (Wildman–Crippen LogP) is 2.08. The van der Waals surface area contributed by atoms with E-state index in [0.717, 1.165) is 15.8 Å². The van der Waals surface area contributed by atoms with E-state index in [0.29, 0.717) is 22.8 Å². The largest absolute Gasteiger partial charge is 0.449 e. The lowest BCUT2D eigenvalue weighted by Gasteiger charge is -2.11. The predicted molar refractivity (Wildman–Crippen MR) is 76.9 cm³/mol. The molecule has 0 saturated heterocycles. The Bertz CT molecular complexity index is 622. The van der Waals surface area contributed by atoms with Gasteiger partial charge >= 0.3 is 0 Å². The summed E-state index contributed by atoms with van der Waals surface area (Å²) in [6, 6.07) is 10.7. The first-order chi connectivity index (χ1) is 9.04. The molecule has 0 spiro atoms. The van der Waals surface area contributed by atoms with E-state index in [9.17, 15) is 0 Å². The van der Waals surface area contributed by atoms with E-state index in [4.69, 9.17) is 23.2 Å². The Morgan fingerprint density at radius 1 is 1.00 bits per heavy atom. The summed E-state index contributed by atoms with van der Waals surface area (Å²) in [7, 11) is 0. The van der Waals surface area contributed by atoms with Gasteiger partial charge in [-0.25, -0.2) is 4.68 Å². The molecule has 6 nitrogen and oxygen atoms in total. The zero-order valence-electron chi connectivity index (χ0n) is 10.3. The second kappa shape index (κ2) is 4.87. The molecule has 0 atom stereocenters. The van der Waals surface area contributed by atoms with E-state index in [2.05, 4.69) is 11.6 Å². The normalized spacial score (nSPS) is 10.2. The molecule has 0 amide bonds. The molecule has 0 aliphatic carbocycles. The van der Waals surface area contributed by atoms with Crippen LogP contribution < -0.4 is 22.2 Å². The molecule has 0 aliphatic heterocycles. The van der Waals surface area contributed by atoms with Crippen LogP contribution in [0.1, 0.15) is 0 Å². The van der Waals surface area contributed by atoms with Crippen molar-refractivity contribution in [1.82, 2.24) is 0 Å². The van der Waals surface area contributed by atoms with Gasteiger partial charge < -0.3 is 22.1 Å². The molecule has 7 N–H and O–H groups in total. The maximum absolute atomic E-state index is 7.37. The molecular weight excluding hydrogens is 242 g/mol. The average Bonchev–Trinajstić information content (AvgIpc) is 2.42. The van der Waals surface area contributed by atoms with E-state index < -0.39 is 0 Å². The Labute approximate surface area is 110 Å². The van der Waals surface area contributed by atoms with Crippen molar-refractivity contribution in [3.8, 4) is 16.9 Å². The molecule has 2 aromatic carbocycles. The van der Waals surface area contributed by atoms with Crippen molar-refractivity contribution in [3.63, 3.8) is 0 Å². The van der Waals surface area contributed by atoms with Crippen molar-refractivity contribution in [3.05, 3.63) is 42.2 Å². The van der Waals surface area contributed by atoms with Gasteiger partial charge in [-0.3, -0.25) is 0 Å². The highest BCUT2D eigenvalue weighted by Crippen LogP contribution is 2.36. The van der Waals surface area contributed by atoms with Gasteiger partial charge in [0.25, 0.3) is 0 Å². The highest BCUT2D eigenvalue weighted by atomic mass is 16.6. The summed E-state index contributed by atoms with van der Waals surface area (Å²) in [6.45, 7) is 3.49. The monoisotopic (exact) mass is 257 g/mol. The lowest BCUT2D eigenvalue weighted by molar-refractivity contribution is -0.350. The number of nitrogen functional groups attached to an aromatic ring is 2. The molecule has 0 bridgehead atoms. The van der Waals surface area contributed by atoms with Gasteiger partial charge in [-0.2, -0.15) is 5.90 Å². The standard InChI is InChI=1S/C13H15N5O/c1-18(16)9-4-2-8(3-5-9)10-6-7-11(19-17)13(15)12(10)14/h2-7,16H,1,14-15,17H2. The van der Waals surface area contributed by atoms with Gasteiger partial charge in [-0.15, -0.1) is 0 Å². The molecule has 2 rings (SSSR count). The van der Waals surface area contributed by atoms with Crippen LogP contribution in [0.2, 0.25) is 0 Å².